The fraction of sp³-hybridized carbons (Fsp3) is 0.357. The fourth-order valence-electron chi connectivity index (χ4n) is 1.86. The summed E-state index contributed by atoms with van der Waals surface area (Å²) in [6, 6.07) is 5.18. The first-order valence-electron chi connectivity index (χ1n) is 6.34. The first kappa shape index (κ1) is 14.9. The van der Waals surface area contributed by atoms with Crippen molar-refractivity contribution in [1.82, 2.24) is 4.90 Å². The van der Waals surface area contributed by atoms with Crippen LogP contribution in [0.15, 0.2) is 18.2 Å². The normalized spacial score (nSPS) is 14.4. The van der Waals surface area contributed by atoms with Crippen LogP contribution in [0.1, 0.15) is 15.9 Å². The van der Waals surface area contributed by atoms with Gasteiger partial charge in [-0.1, -0.05) is 0 Å². The molecule has 0 bridgehead atoms. The van der Waals surface area contributed by atoms with Crippen molar-refractivity contribution < 1.29 is 23.5 Å². The molecule has 0 radical (unpaired) electrons. The Morgan fingerprint density at radius 2 is 2.10 bits per heavy atom. The summed E-state index contributed by atoms with van der Waals surface area (Å²) in [6.45, 7) is 1.34. The number of carbonyl (C=O) groups excluding carboxylic acids is 2. The second-order valence-electron chi connectivity index (χ2n) is 4.38. The lowest BCUT2D eigenvalue weighted by molar-refractivity contribution is -0.138. The zero-order chi connectivity index (χ0) is 15.2. The highest BCUT2D eigenvalue weighted by Crippen LogP contribution is 2.11. The summed E-state index contributed by atoms with van der Waals surface area (Å²) in [6.07, 6.45) is 0. The summed E-state index contributed by atoms with van der Waals surface area (Å²) in [5, 5.41) is 8.62. The predicted molar refractivity (Wildman–Crippen MR) is 68.8 cm³/mol. The molecule has 0 atom stereocenters. The van der Waals surface area contributed by atoms with Crippen molar-refractivity contribution >= 4 is 11.9 Å². The van der Waals surface area contributed by atoms with E-state index in [1.807, 2.05) is 0 Å². The molecule has 7 heteroatoms. The molecule has 0 N–H and O–H groups in total. The molecule has 0 unspecified atom stereocenters. The van der Waals surface area contributed by atoms with E-state index in [0.29, 0.717) is 26.3 Å². The fourth-order valence-corrected chi connectivity index (χ4v) is 1.86. The molecule has 2 rings (SSSR count). The molecule has 1 aliphatic heterocycles. The number of hydrogen-bond acceptors (Lipinski definition) is 5. The van der Waals surface area contributed by atoms with E-state index in [0.717, 1.165) is 12.1 Å². The number of rotatable bonds is 3. The number of esters is 1. The maximum absolute atomic E-state index is 13.6. The van der Waals surface area contributed by atoms with Crippen molar-refractivity contribution in [3.8, 4) is 6.07 Å². The van der Waals surface area contributed by atoms with Crippen molar-refractivity contribution in [3.05, 3.63) is 35.1 Å². The lowest BCUT2D eigenvalue weighted by atomic mass is 10.1. The van der Waals surface area contributed by atoms with E-state index in [2.05, 4.69) is 0 Å². The number of nitrogens with zero attached hydrogens (tertiary/aromatic N) is 2. The van der Waals surface area contributed by atoms with Crippen LogP contribution in [0.5, 0.6) is 0 Å². The highest BCUT2D eigenvalue weighted by atomic mass is 19.1. The number of halogens is 1. The minimum absolute atomic E-state index is 0.105. The van der Waals surface area contributed by atoms with Gasteiger partial charge in [-0.15, -0.1) is 0 Å². The van der Waals surface area contributed by atoms with Crippen molar-refractivity contribution in [3.63, 3.8) is 0 Å². The Morgan fingerprint density at radius 3 is 2.71 bits per heavy atom. The Hall–Kier alpha value is -2.46. The van der Waals surface area contributed by atoms with Gasteiger partial charge in [-0.3, -0.25) is 4.79 Å². The number of ether oxygens (including phenoxy) is 2. The van der Waals surface area contributed by atoms with Crippen LogP contribution < -0.4 is 0 Å². The van der Waals surface area contributed by atoms with Crippen LogP contribution in [0.4, 0.5) is 4.39 Å². The maximum atomic E-state index is 13.6. The zero-order valence-electron chi connectivity index (χ0n) is 11.2. The van der Waals surface area contributed by atoms with Crippen LogP contribution in [0.2, 0.25) is 0 Å². The molecule has 0 aliphatic carbocycles. The number of morpholine rings is 1. The summed E-state index contributed by atoms with van der Waals surface area (Å²) < 4.78 is 23.5. The quantitative estimate of drug-likeness (QED) is 0.767. The first-order chi connectivity index (χ1) is 10.1. The first-order valence-corrected chi connectivity index (χ1v) is 6.34. The van der Waals surface area contributed by atoms with Gasteiger partial charge in [0.2, 0.25) is 0 Å². The molecule has 0 aromatic heterocycles. The van der Waals surface area contributed by atoms with E-state index >= 15 is 0 Å². The standard InChI is InChI=1S/C14H13FN2O4/c15-12-7-10(8-16)1-2-11(12)14(19)21-9-13(18)17-3-5-20-6-4-17/h1-2,7H,3-6,9H2. The van der Waals surface area contributed by atoms with Crippen LogP contribution in [-0.4, -0.2) is 49.7 Å². The second-order valence-corrected chi connectivity index (χ2v) is 4.38. The number of benzene rings is 1. The van der Waals surface area contributed by atoms with E-state index in [-0.39, 0.29) is 17.0 Å². The minimum Gasteiger partial charge on any atom is -0.452 e. The van der Waals surface area contributed by atoms with Gasteiger partial charge in [0.1, 0.15) is 5.82 Å². The van der Waals surface area contributed by atoms with Gasteiger partial charge in [-0.25, -0.2) is 9.18 Å². The van der Waals surface area contributed by atoms with Crippen molar-refractivity contribution in [2.24, 2.45) is 0 Å². The molecule has 1 fully saturated rings. The predicted octanol–water partition coefficient (Wildman–Crippen LogP) is 0.713. The highest BCUT2D eigenvalue weighted by molar-refractivity contribution is 5.91. The van der Waals surface area contributed by atoms with Crippen LogP contribution >= 0.6 is 0 Å². The van der Waals surface area contributed by atoms with E-state index in [9.17, 15) is 14.0 Å². The second kappa shape index (κ2) is 6.81. The van der Waals surface area contributed by atoms with Crippen molar-refractivity contribution in [1.29, 1.82) is 5.26 Å². The van der Waals surface area contributed by atoms with Gasteiger partial charge in [0.25, 0.3) is 5.91 Å². The molecule has 21 heavy (non-hydrogen) atoms. The minimum atomic E-state index is -0.932. The van der Waals surface area contributed by atoms with Crippen molar-refractivity contribution in [2.75, 3.05) is 32.9 Å². The van der Waals surface area contributed by atoms with E-state index in [1.165, 1.54) is 11.0 Å². The SMILES string of the molecule is N#Cc1ccc(C(=O)OCC(=O)N2CCOCC2)c(F)c1. The van der Waals surface area contributed by atoms with E-state index < -0.39 is 18.4 Å². The van der Waals surface area contributed by atoms with Crippen LogP contribution in [0, 0.1) is 17.1 Å². The van der Waals surface area contributed by atoms with Crippen LogP contribution in [0.3, 0.4) is 0 Å². The topological polar surface area (TPSA) is 79.6 Å². The third kappa shape index (κ3) is 3.77. The molecule has 1 heterocycles. The van der Waals surface area contributed by atoms with Gasteiger partial charge >= 0.3 is 5.97 Å². The smallest absolute Gasteiger partial charge is 0.341 e. The molecule has 0 spiro atoms. The lowest BCUT2D eigenvalue weighted by Crippen LogP contribution is -2.42. The Bertz CT molecular complexity index is 591. The monoisotopic (exact) mass is 292 g/mol. The van der Waals surface area contributed by atoms with E-state index in [1.54, 1.807) is 6.07 Å². The molecule has 1 aliphatic rings. The molecule has 1 amide bonds. The summed E-state index contributed by atoms with van der Waals surface area (Å²) in [4.78, 5) is 25.0. The maximum Gasteiger partial charge on any atom is 0.341 e. The van der Waals surface area contributed by atoms with Gasteiger partial charge in [0.05, 0.1) is 30.4 Å². The average molecular weight is 292 g/mol. The molecule has 6 nitrogen and oxygen atoms in total. The largest absolute Gasteiger partial charge is 0.452 e. The number of hydrogen-bond donors (Lipinski definition) is 0. The van der Waals surface area contributed by atoms with Crippen molar-refractivity contribution in [2.45, 2.75) is 0 Å². The van der Waals surface area contributed by atoms with Crippen LogP contribution in [0.25, 0.3) is 0 Å². The van der Waals surface area contributed by atoms with Gasteiger partial charge < -0.3 is 14.4 Å². The summed E-state index contributed by atoms with van der Waals surface area (Å²) in [5.41, 5.74) is -0.197. The Morgan fingerprint density at radius 1 is 1.38 bits per heavy atom. The lowest BCUT2D eigenvalue weighted by Gasteiger charge is -2.26. The third-order valence-electron chi connectivity index (χ3n) is 3.01. The Labute approximate surface area is 120 Å². The molecular weight excluding hydrogens is 279 g/mol. The van der Waals surface area contributed by atoms with Gasteiger partial charge in [0.15, 0.2) is 6.61 Å². The Balaban J connectivity index is 1.92. The van der Waals surface area contributed by atoms with Crippen LogP contribution in [-0.2, 0) is 14.3 Å². The molecule has 1 aromatic rings. The zero-order valence-corrected chi connectivity index (χ0v) is 11.2. The summed E-state index contributed by atoms with van der Waals surface area (Å²) >= 11 is 0. The van der Waals surface area contributed by atoms with Gasteiger partial charge in [-0.05, 0) is 18.2 Å². The molecule has 110 valence electrons. The molecular formula is C14H13FN2O4. The summed E-state index contributed by atoms with van der Waals surface area (Å²) in [5.74, 6) is -2.13. The number of carbonyl (C=O) groups is 2. The number of amides is 1. The molecule has 0 saturated carbocycles. The Kier molecular flexibility index (Phi) is 4.85. The number of nitriles is 1. The molecule has 1 saturated heterocycles. The highest BCUT2D eigenvalue weighted by Gasteiger charge is 2.20. The molecule has 1 aromatic carbocycles. The third-order valence-corrected chi connectivity index (χ3v) is 3.01. The summed E-state index contributed by atoms with van der Waals surface area (Å²) in [7, 11) is 0. The van der Waals surface area contributed by atoms with E-state index in [4.69, 9.17) is 14.7 Å². The van der Waals surface area contributed by atoms with Gasteiger partial charge in [-0.2, -0.15) is 5.26 Å². The average Bonchev–Trinajstić information content (AvgIpc) is 2.52. The van der Waals surface area contributed by atoms with Gasteiger partial charge in [0, 0.05) is 13.1 Å².